The van der Waals surface area contributed by atoms with Gasteiger partial charge in [0.1, 0.15) is 0 Å². The van der Waals surface area contributed by atoms with Gasteiger partial charge in [0.15, 0.2) is 9.84 Å². The third-order valence-corrected chi connectivity index (χ3v) is 4.66. The Labute approximate surface area is 140 Å². The fourth-order valence-electron chi connectivity index (χ4n) is 2.17. The van der Waals surface area contributed by atoms with Gasteiger partial charge in [-0.2, -0.15) is 0 Å². The van der Waals surface area contributed by atoms with Crippen LogP contribution < -0.4 is 10.8 Å². The molecular weight excluding hydrogens is 331 g/mol. The van der Waals surface area contributed by atoms with Crippen molar-refractivity contribution in [3.63, 3.8) is 0 Å². The average Bonchev–Trinajstić information content (AvgIpc) is 2.52. The predicted octanol–water partition coefficient (Wildman–Crippen LogP) is -0.597. The van der Waals surface area contributed by atoms with Crippen molar-refractivity contribution >= 4 is 28.3 Å². The summed E-state index contributed by atoms with van der Waals surface area (Å²) in [5.74, 6) is -0.448. The van der Waals surface area contributed by atoms with E-state index in [1.54, 1.807) is 19.1 Å². The summed E-state index contributed by atoms with van der Waals surface area (Å²) in [5.41, 5.74) is 1.51. The zero-order valence-electron chi connectivity index (χ0n) is 13.2. The van der Waals surface area contributed by atoms with Gasteiger partial charge >= 0.3 is 7.12 Å². The molecule has 0 spiro atoms. The minimum atomic E-state index is -3.42. The summed E-state index contributed by atoms with van der Waals surface area (Å²) in [4.78, 5) is 16.3. The van der Waals surface area contributed by atoms with Crippen molar-refractivity contribution in [2.24, 2.45) is 0 Å². The van der Waals surface area contributed by atoms with Crippen LogP contribution in [0.3, 0.4) is 0 Å². The van der Waals surface area contributed by atoms with Crippen LogP contribution in [0.5, 0.6) is 0 Å². The third kappa shape index (κ3) is 4.41. The molecule has 2 rings (SSSR count). The largest absolute Gasteiger partial charge is 0.488 e. The number of nitrogens with one attached hydrogen (secondary N) is 1. The number of carbonyl (C=O) groups is 1. The number of aryl methyl sites for hydroxylation is 1. The molecule has 0 atom stereocenters. The number of benzene rings is 1. The molecule has 1 aromatic carbocycles. The van der Waals surface area contributed by atoms with E-state index in [1.807, 2.05) is 0 Å². The zero-order valence-corrected chi connectivity index (χ0v) is 14.0. The predicted molar refractivity (Wildman–Crippen MR) is 89.5 cm³/mol. The molecule has 0 fully saturated rings. The fraction of sp³-hybridized carbons (Fsp3) is 0.200. The van der Waals surface area contributed by atoms with Gasteiger partial charge in [0.25, 0.3) is 5.91 Å². The summed E-state index contributed by atoms with van der Waals surface area (Å²) >= 11 is 0. The average molecular weight is 348 g/mol. The highest BCUT2D eigenvalue weighted by atomic mass is 32.2. The first-order chi connectivity index (χ1) is 11.2. The minimum absolute atomic E-state index is 0.0709. The Morgan fingerprint density at radius 3 is 2.58 bits per heavy atom. The lowest BCUT2D eigenvalue weighted by molar-refractivity contribution is 0.0950. The Bertz CT molecular complexity index is 868. The number of aromatic nitrogens is 1. The molecule has 24 heavy (non-hydrogen) atoms. The molecule has 0 aliphatic rings. The lowest BCUT2D eigenvalue weighted by atomic mass is 9.81. The number of pyridine rings is 1. The van der Waals surface area contributed by atoms with Crippen LogP contribution in [0.1, 0.15) is 21.6 Å². The molecule has 2 aromatic rings. The van der Waals surface area contributed by atoms with Gasteiger partial charge < -0.3 is 15.4 Å². The summed E-state index contributed by atoms with van der Waals surface area (Å²) in [6, 6.07) is 7.37. The Kier molecular flexibility index (Phi) is 5.38. The fourth-order valence-corrected chi connectivity index (χ4v) is 3.16. The maximum atomic E-state index is 12.2. The van der Waals surface area contributed by atoms with Crippen LogP contribution in [-0.4, -0.2) is 42.7 Å². The van der Waals surface area contributed by atoms with Gasteiger partial charge in [-0.3, -0.25) is 9.78 Å². The van der Waals surface area contributed by atoms with Crippen molar-refractivity contribution in [3.8, 4) is 0 Å². The van der Waals surface area contributed by atoms with E-state index in [9.17, 15) is 13.2 Å². The van der Waals surface area contributed by atoms with Crippen LogP contribution in [0.25, 0.3) is 0 Å². The van der Waals surface area contributed by atoms with E-state index in [4.69, 9.17) is 10.0 Å². The summed E-state index contributed by atoms with van der Waals surface area (Å²) in [6.07, 6.45) is 2.50. The number of hydrogen-bond acceptors (Lipinski definition) is 6. The summed E-state index contributed by atoms with van der Waals surface area (Å²) < 4.78 is 23.4. The quantitative estimate of drug-likeness (QED) is 0.622. The first-order valence-corrected chi connectivity index (χ1v) is 8.97. The molecule has 1 heterocycles. The minimum Gasteiger partial charge on any atom is -0.423 e. The van der Waals surface area contributed by atoms with Gasteiger partial charge in [0.05, 0.1) is 17.1 Å². The Morgan fingerprint density at radius 1 is 1.25 bits per heavy atom. The monoisotopic (exact) mass is 348 g/mol. The summed E-state index contributed by atoms with van der Waals surface area (Å²) in [5, 5.41) is 20.9. The first kappa shape index (κ1) is 18.1. The molecule has 0 radical (unpaired) electrons. The Hall–Kier alpha value is -2.23. The van der Waals surface area contributed by atoms with Crippen molar-refractivity contribution < 1.29 is 23.3 Å². The van der Waals surface area contributed by atoms with Crippen LogP contribution in [0.2, 0.25) is 0 Å². The standard InChI is InChI=1S/C15H17BN2O5S/c1-10-3-4-11(7-14(10)24(2,22)23)15(19)18-9-13-8-12(16(20)21)5-6-17-13/h3-8,20-21H,9H2,1-2H3,(H,18,19). The van der Waals surface area contributed by atoms with Gasteiger partial charge in [-0.25, -0.2) is 8.42 Å². The molecule has 0 aliphatic carbocycles. The van der Waals surface area contributed by atoms with Crippen LogP contribution in [0, 0.1) is 6.92 Å². The summed E-state index contributed by atoms with van der Waals surface area (Å²) in [6.45, 7) is 1.73. The lowest BCUT2D eigenvalue weighted by Gasteiger charge is -2.09. The first-order valence-electron chi connectivity index (χ1n) is 7.08. The number of amides is 1. The maximum absolute atomic E-state index is 12.2. The Morgan fingerprint density at radius 2 is 1.96 bits per heavy atom. The van der Waals surface area contributed by atoms with Gasteiger partial charge in [-0.15, -0.1) is 0 Å². The number of sulfone groups is 1. The second-order valence-electron chi connectivity index (χ2n) is 5.39. The molecular formula is C15H17BN2O5S. The van der Waals surface area contributed by atoms with Crippen LogP contribution >= 0.6 is 0 Å². The van der Waals surface area contributed by atoms with E-state index in [0.717, 1.165) is 6.26 Å². The number of nitrogens with zero attached hydrogens (tertiary/aromatic N) is 1. The molecule has 9 heteroatoms. The molecule has 0 unspecified atom stereocenters. The molecule has 1 amide bonds. The molecule has 126 valence electrons. The van der Waals surface area contributed by atoms with E-state index in [2.05, 4.69) is 10.3 Å². The number of hydrogen-bond donors (Lipinski definition) is 3. The van der Waals surface area contributed by atoms with E-state index in [-0.39, 0.29) is 22.5 Å². The smallest absolute Gasteiger partial charge is 0.423 e. The van der Waals surface area contributed by atoms with Crippen molar-refractivity contribution in [3.05, 3.63) is 53.3 Å². The van der Waals surface area contributed by atoms with E-state index in [1.165, 1.54) is 24.4 Å². The molecule has 0 saturated heterocycles. The van der Waals surface area contributed by atoms with Crippen molar-refractivity contribution in [2.45, 2.75) is 18.4 Å². The van der Waals surface area contributed by atoms with Crippen molar-refractivity contribution in [2.75, 3.05) is 6.26 Å². The SMILES string of the molecule is Cc1ccc(C(=O)NCc2cc(B(O)O)ccn2)cc1S(C)(=O)=O. The lowest BCUT2D eigenvalue weighted by Crippen LogP contribution is -2.31. The van der Waals surface area contributed by atoms with Gasteiger partial charge in [0, 0.05) is 18.0 Å². The van der Waals surface area contributed by atoms with Crippen LogP contribution in [0.4, 0.5) is 0 Å². The van der Waals surface area contributed by atoms with Gasteiger partial charge in [0.2, 0.25) is 0 Å². The van der Waals surface area contributed by atoms with E-state index < -0.39 is 22.9 Å². The second kappa shape index (κ2) is 7.12. The maximum Gasteiger partial charge on any atom is 0.488 e. The van der Waals surface area contributed by atoms with E-state index >= 15 is 0 Å². The Balaban J connectivity index is 2.15. The molecule has 3 N–H and O–H groups in total. The summed E-state index contributed by atoms with van der Waals surface area (Å²) in [7, 11) is -5.03. The number of carbonyl (C=O) groups excluding carboxylic acids is 1. The molecule has 0 bridgehead atoms. The van der Waals surface area contributed by atoms with Gasteiger partial charge in [-0.1, -0.05) is 6.07 Å². The molecule has 0 saturated carbocycles. The van der Waals surface area contributed by atoms with Crippen molar-refractivity contribution in [1.82, 2.24) is 10.3 Å². The van der Waals surface area contributed by atoms with Gasteiger partial charge in [-0.05, 0) is 42.2 Å². The molecule has 0 aliphatic heterocycles. The highest BCUT2D eigenvalue weighted by Crippen LogP contribution is 2.17. The topological polar surface area (TPSA) is 117 Å². The van der Waals surface area contributed by atoms with Crippen LogP contribution in [-0.2, 0) is 16.4 Å². The third-order valence-electron chi connectivity index (χ3n) is 3.42. The highest BCUT2D eigenvalue weighted by molar-refractivity contribution is 7.90. The molecule has 7 nitrogen and oxygen atoms in total. The normalized spacial score (nSPS) is 11.2. The zero-order chi connectivity index (χ0) is 17.9. The van der Waals surface area contributed by atoms with Crippen molar-refractivity contribution in [1.29, 1.82) is 0 Å². The molecule has 1 aromatic heterocycles. The van der Waals surface area contributed by atoms with Crippen LogP contribution in [0.15, 0.2) is 41.4 Å². The second-order valence-corrected chi connectivity index (χ2v) is 7.37. The number of rotatable bonds is 5. The van der Waals surface area contributed by atoms with E-state index in [0.29, 0.717) is 11.3 Å². The highest BCUT2D eigenvalue weighted by Gasteiger charge is 2.15.